The summed E-state index contributed by atoms with van der Waals surface area (Å²) in [5.41, 5.74) is 6.78. The number of piperidine rings is 1. The molecule has 4 rings (SSSR count). The van der Waals surface area contributed by atoms with Gasteiger partial charge in [0, 0.05) is 18.1 Å². The first-order valence-electron chi connectivity index (χ1n) is 9.76. The maximum atomic E-state index is 14.6. The molecule has 1 fully saturated rings. The van der Waals surface area contributed by atoms with Crippen LogP contribution in [0.25, 0.3) is 16.6 Å². The quantitative estimate of drug-likeness (QED) is 0.508. The summed E-state index contributed by atoms with van der Waals surface area (Å²) in [4.78, 5) is 20.4. The Balaban J connectivity index is 0.000000383. The van der Waals surface area contributed by atoms with Gasteiger partial charge in [-0.3, -0.25) is 4.79 Å². The zero-order chi connectivity index (χ0) is 24.3. The molecule has 7 nitrogen and oxygen atoms in total. The largest absolute Gasteiger partial charge is 0.490 e. The summed E-state index contributed by atoms with van der Waals surface area (Å²) in [6, 6.07) is 7.28. The molecule has 0 aliphatic carbocycles. The number of halogens is 5. The molecule has 2 heterocycles. The van der Waals surface area contributed by atoms with Gasteiger partial charge in [0.05, 0.1) is 11.3 Å². The molecule has 1 saturated heterocycles. The molecule has 0 bridgehead atoms. The van der Waals surface area contributed by atoms with Gasteiger partial charge < -0.3 is 16.2 Å². The fourth-order valence-corrected chi connectivity index (χ4v) is 3.53. The summed E-state index contributed by atoms with van der Waals surface area (Å²) in [7, 11) is 0. The molecule has 2 aromatic carbocycles. The van der Waals surface area contributed by atoms with Crippen molar-refractivity contribution in [3.05, 3.63) is 59.3 Å². The van der Waals surface area contributed by atoms with Gasteiger partial charge in [0.1, 0.15) is 17.2 Å². The average molecular weight is 470 g/mol. The number of benzene rings is 2. The van der Waals surface area contributed by atoms with Crippen LogP contribution in [0, 0.1) is 11.6 Å². The number of amides is 1. The Labute approximate surface area is 184 Å². The van der Waals surface area contributed by atoms with Gasteiger partial charge in [-0.2, -0.15) is 18.3 Å². The van der Waals surface area contributed by atoms with Gasteiger partial charge in [0.25, 0.3) is 5.91 Å². The summed E-state index contributed by atoms with van der Waals surface area (Å²) in [5, 5.41) is 15.1. The summed E-state index contributed by atoms with van der Waals surface area (Å²) in [5.74, 6) is -4.22. The highest BCUT2D eigenvalue weighted by Gasteiger charge is 2.38. The van der Waals surface area contributed by atoms with Gasteiger partial charge in [-0.25, -0.2) is 18.3 Å². The first kappa shape index (κ1) is 24.1. The summed E-state index contributed by atoms with van der Waals surface area (Å²) in [6.45, 7) is 1.73. The minimum atomic E-state index is -5.08. The van der Waals surface area contributed by atoms with Gasteiger partial charge >= 0.3 is 12.1 Å². The Bertz CT molecular complexity index is 1190. The second-order valence-electron chi connectivity index (χ2n) is 7.38. The van der Waals surface area contributed by atoms with Gasteiger partial charge in [0.2, 0.25) is 0 Å². The third kappa shape index (κ3) is 5.64. The number of fused-ring (bicyclic) bond motifs is 1. The van der Waals surface area contributed by atoms with E-state index >= 15 is 0 Å². The molecule has 0 spiro atoms. The average Bonchev–Trinajstić information content (AvgIpc) is 3.17. The van der Waals surface area contributed by atoms with E-state index in [0.717, 1.165) is 32.0 Å². The molecular weight excluding hydrogens is 451 g/mol. The van der Waals surface area contributed by atoms with E-state index in [1.807, 2.05) is 0 Å². The monoisotopic (exact) mass is 470 g/mol. The third-order valence-electron chi connectivity index (χ3n) is 5.07. The first-order valence-corrected chi connectivity index (χ1v) is 9.76. The van der Waals surface area contributed by atoms with Crippen molar-refractivity contribution in [2.45, 2.75) is 24.9 Å². The van der Waals surface area contributed by atoms with Gasteiger partial charge in [-0.15, -0.1) is 0 Å². The number of primary amides is 1. The van der Waals surface area contributed by atoms with Crippen molar-refractivity contribution in [1.29, 1.82) is 0 Å². The van der Waals surface area contributed by atoms with E-state index < -0.39 is 23.9 Å². The Morgan fingerprint density at radius 1 is 1.18 bits per heavy atom. The van der Waals surface area contributed by atoms with E-state index in [2.05, 4.69) is 10.4 Å². The van der Waals surface area contributed by atoms with Crippen molar-refractivity contribution in [3.63, 3.8) is 0 Å². The van der Waals surface area contributed by atoms with E-state index in [-0.39, 0.29) is 17.3 Å². The predicted molar refractivity (Wildman–Crippen MR) is 108 cm³/mol. The summed E-state index contributed by atoms with van der Waals surface area (Å²) < 4.78 is 61.5. The molecule has 3 aromatic rings. The van der Waals surface area contributed by atoms with Crippen LogP contribution in [0.2, 0.25) is 0 Å². The predicted octanol–water partition coefficient (Wildman–Crippen LogP) is 3.50. The molecule has 0 radical (unpaired) electrons. The number of alkyl halides is 3. The lowest BCUT2D eigenvalue weighted by atomic mass is 9.91. The highest BCUT2D eigenvalue weighted by atomic mass is 19.4. The number of aromatic nitrogens is 2. The van der Waals surface area contributed by atoms with Crippen LogP contribution < -0.4 is 11.1 Å². The fraction of sp³-hybridized carbons (Fsp3) is 0.286. The van der Waals surface area contributed by atoms with Gasteiger partial charge in [-0.1, -0.05) is 6.07 Å². The number of aliphatic carboxylic acids is 1. The molecule has 33 heavy (non-hydrogen) atoms. The Hall–Kier alpha value is -3.54. The molecular formula is C21H19F5N4O3. The van der Waals surface area contributed by atoms with E-state index in [1.54, 1.807) is 18.3 Å². The minimum absolute atomic E-state index is 0.00382. The second-order valence-corrected chi connectivity index (χ2v) is 7.38. The van der Waals surface area contributed by atoms with E-state index in [0.29, 0.717) is 22.2 Å². The van der Waals surface area contributed by atoms with Crippen LogP contribution in [0.15, 0.2) is 36.5 Å². The molecule has 1 aliphatic rings. The Kier molecular flexibility index (Phi) is 6.96. The number of carbonyl (C=O) groups is 2. The van der Waals surface area contributed by atoms with Crippen LogP contribution in [0.4, 0.5) is 22.0 Å². The molecule has 1 aliphatic heterocycles. The zero-order valence-electron chi connectivity index (χ0n) is 17.0. The molecule has 176 valence electrons. The first-order chi connectivity index (χ1) is 15.5. The van der Waals surface area contributed by atoms with Crippen LogP contribution in [0.3, 0.4) is 0 Å². The molecule has 1 atom stereocenters. The topological polar surface area (TPSA) is 110 Å². The SMILES string of the molecule is NC(=O)c1cc(F)cc2cn(-c3ccc(C4CCCNC4)c(F)c3)nc12.O=C(O)C(F)(F)F. The highest BCUT2D eigenvalue weighted by Crippen LogP contribution is 2.28. The maximum Gasteiger partial charge on any atom is 0.490 e. The number of nitrogens with one attached hydrogen (secondary N) is 1. The highest BCUT2D eigenvalue weighted by molar-refractivity contribution is 6.04. The number of carbonyl (C=O) groups excluding carboxylic acids is 1. The minimum Gasteiger partial charge on any atom is -0.475 e. The molecule has 12 heteroatoms. The van der Waals surface area contributed by atoms with Crippen molar-refractivity contribution in [2.24, 2.45) is 5.73 Å². The van der Waals surface area contributed by atoms with Crippen LogP contribution in [-0.4, -0.2) is 46.0 Å². The smallest absolute Gasteiger partial charge is 0.475 e. The zero-order valence-corrected chi connectivity index (χ0v) is 17.0. The molecule has 0 saturated carbocycles. The van der Waals surface area contributed by atoms with Gasteiger partial charge in [-0.05, 0) is 55.1 Å². The number of hydrogen-bond acceptors (Lipinski definition) is 4. The molecule has 4 N–H and O–H groups in total. The van der Waals surface area contributed by atoms with Crippen LogP contribution in [-0.2, 0) is 4.79 Å². The van der Waals surface area contributed by atoms with Crippen LogP contribution >= 0.6 is 0 Å². The number of hydrogen-bond donors (Lipinski definition) is 3. The molecule has 1 aromatic heterocycles. The Morgan fingerprint density at radius 2 is 1.88 bits per heavy atom. The van der Waals surface area contributed by atoms with Crippen LogP contribution in [0.5, 0.6) is 0 Å². The Morgan fingerprint density at radius 3 is 2.42 bits per heavy atom. The van der Waals surface area contributed by atoms with Crippen molar-refractivity contribution in [1.82, 2.24) is 15.1 Å². The number of rotatable bonds is 3. The van der Waals surface area contributed by atoms with Crippen molar-refractivity contribution in [2.75, 3.05) is 13.1 Å². The summed E-state index contributed by atoms with van der Waals surface area (Å²) >= 11 is 0. The van der Waals surface area contributed by atoms with E-state index in [4.69, 9.17) is 15.6 Å². The second kappa shape index (κ2) is 9.53. The number of carboxylic acids is 1. The lowest BCUT2D eigenvalue weighted by molar-refractivity contribution is -0.192. The van der Waals surface area contributed by atoms with Crippen molar-refractivity contribution < 1.29 is 36.6 Å². The third-order valence-corrected chi connectivity index (χ3v) is 5.07. The van der Waals surface area contributed by atoms with E-state index in [1.165, 1.54) is 16.8 Å². The number of carboxylic acid groups (broad SMARTS) is 1. The molecule has 1 unspecified atom stereocenters. The van der Waals surface area contributed by atoms with Crippen LogP contribution in [0.1, 0.15) is 34.7 Å². The lowest BCUT2D eigenvalue weighted by Crippen LogP contribution is -2.28. The van der Waals surface area contributed by atoms with Crippen molar-refractivity contribution >= 4 is 22.8 Å². The molecule has 1 amide bonds. The van der Waals surface area contributed by atoms with E-state index in [9.17, 15) is 26.7 Å². The standard InChI is InChI=1S/C19H18F2N4O.C2HF3O2/c20-13-6-12-10-25(24-18(12)16(7-13)19(22)26)14-3-4-15(17(21)8-14)11-2-1-5-23-9-11;3-2(4,5)1(6)7/h3-4,6-8,10-11,23H,1-2,5,9H2,(H2,22,26);(H,6,7). The summed E-state index contributed by atoms with van der Waals surface area (Å²) in [6.07, 6.45) is -1.55. The lowest BCUT2D eigenvalue weighted by Gasteiger charge is -2.23. The van der Waals surface area contributed by atoms with Crippen molar-refractivity contribution in [3.8, 4) is 5.69 Å². The van der Waals surface area contributed by atoms with Gasteiger partial charge in [0.15, 0.2) is 0 Å². The maximum absolute atomic E-state index is 14.6. The normalized spacial score (nSPS) is 16.2. The number of nitrogens with two attached hydrogens (primary N) is 1. The fourth-order valence-electron chi connectivity index (χ4n) is 3.53. The number of nitrogens with zero attached hydrogens (tertiary/aromatic N) is 2.